The highest BCUT2D eigenvalue weighted by Crippen LogP contribution is 2.37. The molecule has 0 saturated heterocycles. The van der Waals surface area contributed by atoms with Gasteiger partial charge in [0.1, 0.15) is 5.69 Å². The van der Waals surface area contributed by atoms with Gasteiger partial charge in [-0.2, -0.15) is 0 Å². The number of carboxylic acids is 1. The average Bonchev–Trinajstić information content (AvgIpc) is 3.04. The molecule has 1 aliphatic rings. The molecule has 1 aliphatic carbocycles. The van der Waals surface area contributed by atoms with Gasteiger partial charge < -0.3 is 15.0 Å². The SMILES string of the molecule is CCCn1cc(Br)cc1C(=O)NCC1(C(=O)O)CCCC1. The van der Waals surface area contributed by atoms with Crippen LogP contribution in [0.1, 0.15) is 49.5 Å². The van der Waals surface area contributed by atoms with E-state index in [4.69, 9.17) is 0 Å². The Morgan fingerprint density at radius 2 is 2.10 bits per heavy atom. The molecule has 0 aliphatic heterocycles. The van der Waals surface area contributed by atoms with Crippen molar-refractivity contribution in [1.82, 2.24) is 9.88 Å². The van der Waals surface area contributed by atoms with Crippen molar-refractivity contribution < 1.29 is 14.7 Å². The zero-order valence-electron chi connectivity index (χ0n) is 12.2. The molecule has 1 saturated carbocycles. The molecule has 116 valence electrons. The fraction of sp³-hybridized carbons (Fsp3) is 0.600. The Morgan fingerprint density at radius 1 is 1.43 bits per heavy atom. The monoisotopic (exact) mass is 356 g/mol. The topological polar surface area (TPSA) is 71.3 Å². The molecule has 0 radical (unpaired) electrons. The fourth-order valence-corrected chi connectivity index (χ4v) is 3.41. The van der Waals surface area contributed by atoms with E-state index in [1.807, 2.05) is 17.7 Å². The predicted molar refractivity (Wildman–Crippen MR) is 83.3 cm³/mol. The number of halogens is 1. The number of carbonyl (C=O) groups excluding carboxylic acids is 1. The molecule has 0 unspecified atom stereocenters. The molecular formula is C15H21BrN2O3. The van der Waals surface area contributed by atoms with Crippen molar-refractivity contribution in [3.8, 4) is 0 Å². The van der Waals surface area contributed by atoms with E-state index in [2.05, 4.69) is 21.2 Å². The lowest BCUT2D eigenvalue weighted by molar-refractivity contribution is -0.148. The van der Waals surface area contributed by atoms with E-state index in [9.17, 15) is 14.7 Å². The van der Waals surface area contributed by atoms with Crippen molar-refractivity contribution in [2.24, 2.45) is 5.41 Å². The maximum atomic E-state index is 12.3. The van der Waals surface area contributed by atoms with Gasteiger partial charge in [-0.15, -0.1) is 0 Å². The molecule has 6 heteroatoms. The van der Waals surface area contributed by atoms with Gasteiger partial charge >= 0.3 is 5.97 Å². The Balaban J connectivity index is 2.06. The van der Waals surface area contributed by atoms with Gasteiger partial charge in [0.25, 0.3) is 5.91 Å². The number of aryl methyl sites for hydroxylation is 1. The first-order valence-electron chi connectivity index (χ1n) is 7.36. The highest BCUT2D eigenvalue weighted by molar-refractivity contribution is 9.10. The van der Waals surface area contributed by atoms with E-state index >= 15 is 0 Å². The van der Waals surface area contributed by atoms with Crippen LogP contribution in [-0.2, 0) is 11.3 Å². The zero-order chi connectivity index (χ0) is 15.5. The highest BCUT2D eigenvalue weighted by Gasteiger charge is 2.41. The molecule has 0 bridgehead atoms. The Hall–Kier alpha value is -1.30. The quantitative estimate of drug-likeness (QED) is 0.822. The fourth-order valence-electron chi connectivity index (χ4n) is 2.95. The lowest BCUT2D eigenvalue weighted by atomic mass is 9.86. The van der Waals surface area contributed by atoms with Crippen LogP contribution in [0.5, 0.6) is 0 Å². The van der Waals surface area contributed by atoms with Crippen LogP contribution < -0.4 is 5.32 Å². The molecule has 1 fully saturated rings. The highest BCUT2D eigenvalue weighted by atomic mass is 79.9. The Labute approximate surface area is 132 Å². The van der Waals surface area contributed by atoms with Crippen LogP contribution in [0.25, 0.3) is 0 Å². The first kappa shape index (κ1) is 16.1. The van der Waals surface area contributed by atoms with Crippen LogP contribution in [0.2, 0.25) is 0 Å². The number of carbonyl (C=O) groups is 2. The number of nitrogens with one attached hydrogen (secondary N) is 1. The van der Waals surface area contributed by atoms with Crippen LogP contribution in [-0.4, -0.2) is 28.1 Å². The van der Waals surface area contributed by atoms with Gasteiger partial charge in [0.05, 0.1) is 5.41 Å². The van der Waals surface area contributed by atoms with E-state index in [0.717, 1.165) is 30.3 Å². The lowest BCUT2D eigenvalue weighted by Gasteiger charge is -2.24. The Morgan fingerprint density at radius 3 is 2.67 bits per heavy atom. The number of carboxylic acid groups (broad SMARTS) is 1. The van der Waals surface area contributed by atoms with Crippen LogP contribution >= 0.6 is 15.9 Å². The third kappa shape index (κ3) is 3.48. The van der Waals surface area contributed by atoms with Crippen molar-refractivity contribution in [3.63, 3.8) is 0 Å². The zero-order valence-corrected chi connectivity index (χ0v) is 13.8. The second kappa shape index (κ2) is 6.64. The third-order valence-electron chi connectivity index (χ3n) is 4.16. The van der Waals surface area contributed by atoms with Crippen LogP contribution in [0.4, 0.5) is 0 Å². The summed E-state index contributed by atoms with van der Waals surface area (Å²) in [6.07, 6.45) is 5.92. The smallest absolute Gasteiger partial charge is 0.311 e. The molecule has 1 aromatic heterocycles. The number of rotatable bonds is 6. The number of aliphatic carboxylic acids is 1. The van der Waals surface area contributed by atoms with Gasteiger partial charge in [0, 0.05) is 23.8 Å². The molecule has 0 aromatic carbocycles. The lowest BCUT2D eigenvalue weighted by Crippen LogP contribution is -2.41. The van der Waals surface area contributed by atoms with Crippen molar-refractivity contribution in [3.05, 3.63) is 22.4 Å². The summed E-state index contributed by atoms with van der Waals surface area (Å²) in [6.45, 7) is 3.02. The van der Waals surface area contributed by atoms with Crippen molar-refractivity contribution in [1.29, 1.82) is 0 Å². The molecule has 5 nitrogen and oxygen atoms in total. The second-order valence-corrected chi connectivity index (χ2v) is 6.63. The minimum absolute atomic E-state index is 0.204. The summed E-state index contributed by atoms with van der Waals surface area (Å²) >= 11 is 3.38. The van der Waals surface area contributed by atoms with Gasteiger partial charge in [0.15, 0.2) is 0 Å². The van der Waals surface area contributed by atoms with Gasteiger partial charge in [-0.05, 0) is 41.3 Å². The summed E-state index contributed by atoms with van der Waals surface area (Å²) < 4.78 is 2.75. The minimum Gasteiger partial charge on any atom is -0.481 e. The van der Waals surface area contributed by atoms with E-state index in [-0.39, 0.29) is 12.5 Å². The summed E-state index contributed by atoms with van der Waals surface area (Å²) in [6, 6.07) is 1.77. The first-order chi connectivity index (χ1) is 9.98. The van der Waals surface area contributed by atoms with Crippen molar-refractivity contribution in [2.75, 3.05) is 6.54 Å². The summed E-state index contributed by atoms with van der Waals surface area (Å²) in [5, 5.41) is 12.2. The third-order valence-corrected chi connectivity index (χ3v) is 4.60. The number of nitrogens with zero attached hydrogens (tertiary/aromatic N) is 1. The Bertz CT molecular complexity index is 533. The number of hydrogen-bond acceptors (Lipinski definition) is 2. The molecule has 0 spiro atoms. The van der Waals surface area contributed by atoms with Gasteiger partial charge in [0.2, 0.25) is 0 Å². The van der Waals surface area contributed by atoms with E-state index in [0.29, 0.717) is 18.5 Å². The normalized spacial score (nSPS) is 16.9. The molecule has 2 rings (SSSR count). The molecule has 1 amide bonds. The number of hydrogen-bond donors (Lipinski definition) is 2. The summed E-state index contributed by atoms with van der Waals surface area (Å²) in [5.74, 6) is -1.01. The molecule has 0 atom stereocenters. The molecular weight excluding hydrogens is 336 g/mol. The standard InChI is InChI=1S/C15H21BrN2O3/c1-2-7-18-9-11(16)8-12(18)13(19)17-10-15(14(20)21)5-3-4-6-15/h8-9H,2-7,10H2,1H3,(H,17,19)(H,20,21). The van der Waals surface area contributed by atoms with Crippen LogP contribution in [0, 0.1) is 5.41 Å². The Kier molecular flexibility index (Phi) is 5.08. The largest absolute Gasteiger partial charge is 0.481 e. The van der Waals surface area contributed by atoms with Crippen molar-refractivity contribution in [2.45, 2.75) is 45.6 Å². The van der Waals surface area contributed by atoms with Gasteiger partial charge in [-0.3, -0.25) is 9.59 Å². The van der Waals surface area contributed by atoms with E-state index < -0.39 is 11.4 Å². The van der Waals surface area contributed by atoms with Crippen molar-refractivity contribution >= 4 is 27.8 Å². The molecule has 1 heterocycles. The maximum Gasteiger partial charge on any atom is 0.311 e. The number of amides is 1. The summed E-state index contributed by atoms with van der Waals surface area (Å²) in [5.41, 5.74) is -0.211. The van der Waals surface area contributed by atoms with Crippen LogP contribution in [0.15, 0.2) is 16.7 Å². The van der Waals surface area contributed by atoms with Gasteiger partial charge in [-0.25, -0.2) is 0 Å². The second-order valence-electron chi connectivity index (χ2n) is 5.71. The van der Waals surface area contributed by atoms with Crippen LogP contribution in [0.3, 0.4) is 0 Å². The maximum absolute atomic E-state index is 12.3. The van der Waals surface area contributed by atoms with Gasteiger partial charge in [-0.1, -0.05) is 19.8 Å². The summed E-state index contributed by atoms with van der Waals surface area (Å²) in [4.78, 5) is 23.8. The summed E-state index contributed by atoms with van der Waals surface area (Å²) in [7, 11) is 0. The van der Waals surface area contributed by atoms with E-state index in [1.165, 1.54) is 0 Å². The first-order valence-corrected chi connectivity index (χ1v) is 8.15. The molecule has 2 N–H and O–H groups in total. The minimum atomic E-state index is -0.801. The predicted octanol–water partition coefficient (Wildman–Crippen LogP) is 3.04. The average molecular weight is 357 g/mol. The number of aromatic nitrogens is 1. The molecule has 1 aromatic rings. The molecule has 21 heavy (non-hydrogen) atoms. The van der Waals surface area contributed by atoms with E-state index in [1.54, 1.807) is 6.07 Å².